The molecule has 0 amide bonds. The molecule has 3 unspecified atom stereocenters. The van der Waals surface area contributed by atoms with Crippen LogP contribution in [0.15, 0.2) is 30.3 Å². The first-order valence-electron chi connectivity index (χ1n) is 6.51. The summed E-state index contributed by atoms with van der Waals surface area (Å²) < 4.78 is 0. The summed E-state index contributed by atoms with van der Waals surface area (Å²) in [6, 6.07) is 10.9. The van der Waals surface area contributed by atoms with E-state index in [2.05, 4.69) is 43.4 Å². The molecule has 0 radical (unpaired) electrons. The minimum absolute atomic E-state index is 0.399. The van der Waals surface area contributed by atoms with Crippen molar-refractivity contribution >= 4 is 0 Å². The fourth-order valence-electron chi connectivity index (χ4n) is 2.49. The first-order chi connectivity index (χ1) is 8.00. The predicted molar refractivity (Wildman–Crippen MR) is 71.1 cm³/mol. The zero-order valence-corrected chi connectivity index (χ0v) is 11.0. The SMILES string of the molecule is CC(C)NCC(C)(O)C1CC1c1ccccc1. The van der Waals surface area contributed by atoms with Gasteiger partial charge in [-0.15, -0.1) is 0 Å². The molecule has 2 rings (SSSR count). The van der Waals surface area contributed by atoms with Gasteiger partial charge in [0.15, 0.2) is 0 Å². The Labute approximate surface area is 104 Å². The van der Waals surface area contributed by atoms with E-state index in [0.29, 0.717) is 24.4 Å². The highest BCUT2D eigenvalue weighted by atomic mass is 16.3. The van der Waals surface area contributed by atoms with Crippen molar-refractivity contribution < 1.29 is 5.11 Å². The summed E-state index contributed by atoms with van der Waals surface area (Å²) in [7, 11) is 0. The number of rotatable bonds is 5. The average molecular weight is 233 g/mol. The number of benzene rings is 1. The van der Waals surface area contributed by atoms with Crippen LogP contribution in [0.25, 0.3) is 0 Å². The standard InChI is InChI=1S/C15H23NO/c1-11(2)16-10-15(3,17)14-9-13(14)12-7-5-4-6-8-12/h4-8,11,13-14,16-17H,9-10H2,1-3H3. The Morgan fingerprint density at radius 3 is 2.59 bits per heavy atom. The molecule has 2 N–H and O–H groups in total. The predicted octanol–water partition coefficient (Wildman–Crippen LogP) is 2.54. The van der Waals surface area contributed by atoms with Crippen molar-refractivity contribution in [2.75, 3.05) is 6.54 Å². The topological polar surface area (TPSA) is 32.3 Å². The highest BCUT2D eigenvalue weighted by Gasteiger charge is 2.49. The molecule has 2 heteroatoms. The van der Waals surface area contributed by atoms with Crippen molar-refractivity contribution in [1.82, 2.24) is 5.32 Å². The molecule has 2 nitrogen and oxygen atoms in total. The molecule has 0 saturated heterocycles. The summed E-state index contributed by atoms with van der Waals surface area (Å²) in [6.07, 6.45) is 1.11. The largest absolute Gasteiger partial charge is 0.389 e. The number of aliphatic hydroxyl groups is 1. The Balaban J connectivity index is 1.93. The molecule has 3 atom stereocenters. The smallest absolute Gasteiger partial charge is 0.0777 e. The zero-order chi connectivity index (χ0) is 12.5. The lowest BCUT2D eigenvalue weighted by molar-refractivity contribution is 0.0332. The van der Waals surface area contributed by atoms with Crippen molar-refractivity contribution in [2.24, 2.45) is 5.92 Å². The molecule has 1 aliphatic rings. The zero-order valence-electron chi connectivity index (χ0n) is 11.0. The molecule has 17 heavy (non-hydrogen) atoms. The lowest BCUT2D eigenvalue weighted by atomic mass is 9.96. The number of hydrogen-bond donors (Lipinski definition) is 2. The Hall–Kier alpha value is -0.860. The maximum Gasteiger partial charge on any atom is 0.0777 e. The van der Waals surface area contributed by atoms with Gasteiger partial charge in [-0.25, -0.2) is 0 Å². The minimum Gasteiger partial charge on any atom is -0.389 e. The van der Waals surface area contributed by atoms with Crippen LogP contribution in [-0.2, 0) is 0 Å². The van der Waals surface area contributed by atoms with E-state index >= 15 is 0 Å². The third-order valence-corrected chi connectivity index (χ3v) is 3.69. The van der Waals surface area contributed by atoms with E-state index in [-0.39, 0.29) is 0 Å². The van der Waals surface area contributed by atoms with Crippen molar-refractivity contribution in [3.8, 4) is 0 Å². The maximum absolute atomic E-state index is 10.5. The van der Waals surface area contributed by atoms with Crippen LogP contribution in [0.2, 0.25) is 0 Å². The lowest BCUT2D eigenvalue weighted by Crippen LogP contribution is -2.42. The summed E-state index contributed by atoms with van der Waals surface area (Å²) in [5.41, 5.74) is 0.771. The minimum atomic E-state index is -0.592. The molecule has 1 fully saturated rings. The Bertz CT molecular complexity index is 358. The van der Waals surface area contributed by atoms with Gasteiger partial charge in [-0.05, 0) is 30.7 Å². The molecule has 1 aromatic carbocycles. The normalized spacial score (nSPS) is 26.9. The Morgan fingerprint density at radius 1 is 1.35 bits per heavy atom. The van der Waals surface area contributed by atoms with Crippen LogP contribution < -0.4 is 5.32 Å². The first kappa shape index (κ1) is 12.6. The average Bonchev–Trinajstić information content (AvgIpc) is 3.08. The molecular formula is C15H23NO. The van der Waals surface area contributed by atoms with Gasteiger partial charge in [-0.2, -0.15) is 0 Å². The van der Waals surface area contributed by atoms with Crippen LogP contribution >= 0.6 is 0 Å². The van der Waals surface area contributed by atoms with Crippen LogP contribution in [-0.4, -0.2) is 23.3 Å². The van der Waals surface area contributed by atoms with Gasteiger partial charge >= 0.3 is 0 Å². The molecule has 0 aromatic heterocycles. The van der Waals surface area contributed by atoms with Crippen LogP contribution in [0.3, 0.4) is 0 Å². The molecular weight excluding hydrogens is 210 g/mol. The van der Waals surface area contributed by atoms with Crippen molar-refractivity contribution in [3.63, 3.8) is 0 Å². The van der Waals surface area contributed by atoms with Gasteiger partial charge < -0.3 is 10.4 Å². The second-order valence-corrected chi connectivity index (χ2v) is 5.75. The quantitative estimate of drug-likeness (QED) is 0.819. The monoisotopic (exact) mass is 233 g/mol. The maximum atomic E-state index is 10.5. The highest BCUT2D eigenvalue weighted by Crippen LogP contribution is 2.53. The van der Waals surface area contributed by atoms with Gasteiger partial charge in [0.25, 0.3) is 0 Å². The molecule has 1 aromatic rings. The molecule has 0 bridgehead atoms. The van der Waals surface area contributed by atoms with Crippen molar-refractivity contribution in [1.29, 1.82) is 0 Å². The van der Waals surface area contributed by atoms with Crippen LogP contribution in [0, 0.1) is 5.92 Å². The fraction of sp³-hybridized carbons (Fsp3) is 0.600. The summed E-state index contributed by atoms with van der Waals surface area (Å²) in [5, 5.41) is 13.8. The summed E-state index contributed by atoms with van der Waals surface area (Å²) in [6.45, 7) is 6.85. The van der Waals surface area contributed by atoms with E-state index in [1.165, 1.54) is 5.56 Å². The summed E-state index contributed by atoms with van der Waals surface area (Å²) in [5.74, 6) is 0.941. The van der Waals surface area contributed by atoms with E-state index < -0.39 is 5.60 Å². The molecule has 0 spiro atoms. The third-order valence-electron chi connectivity index (χ3n) is 3.69. The molecule has 0 heterocycles. The van der Waals surface area contributed by atoms with E-state index in [0.717, 1.165) is 6.42 Å². The highest BCUT2D eigenvalue weighted by molar-refractivity contribution is 5.27. The molecule has 0 aliphatic heterocycles. The van der Waals surface area contributed by atoms with Crippen LogP contribution in [0.4, 0.5) is 0 Å². The van der Waals surface area contributed by atoms with Gasteiger partial charge in [0.05, 0.1) is 5.60 Å². The van der Waals surface area contributed by atoms with E-state index in [1.807, 2.05) is 13.0 Å². The van der Waals surface area contributed by atoms with Gasteiger partial charge in [-0.3, -0.25) is 0 Å². The summed E-state index contributed by atoms with van der Waals surface area (Å²) >= 11 is 0. The molecule has 1 aliphatic carbocycles. The van der Waals surface area contributed by atoms with Gasteiger partial charge in [0.1, 0.15) is 0 Å². The number of hydrogen-bond acceptors (Lipinski definition) is 2. The second kappa shape index (κ2) is 4.79. The Kier molecular flexibility index (Phi) is 3.55. The van der Waals surface area contributed by atoms with E-state index in [4.69, 9.17) is 0 Å². The molecule has 1 saturated carbocycles. The van der Waals surface area contributed by atoms with Crippen molar-refractivity contribution in [2.45, 2.75) is 44.8 Å². The lowest BCUT2D eigenvalue weighted by Gasteiger charge is -2.25. The van der Waals surface area contributed by atoms with Gasteiger partial charge in [0.2, 0.25) is 0 Å². The van der Waals surface area contributed by atoms with Gasteiger partial charge in [0, 0.05) is 12.6 Å². The molecule has 94 valence electrons. The fourth-order valence-corrected chi connectivity index (χ4v) is 2.49. The number of nitrogens with one attached hydrogen (secondary N) is 1. The van der Waals surface area contributed by atoms with E-state index in [1.54, 1.807) is 0 Å². The van der Waals surface area contributed by atoms with Crippen LogP contribution in [0.1, 0.15) is 38.7 Å². The van der Waals surface area contributed by atoms with E-state index in [9.17, 15) is 5.11 Å². The third kappa shape index (κ3) is 3.08. The first-order valence-corrected chi connectivity index (χ1v) is 6.51. The summed E-state index contributed by atoms with van der Waals surface area (Å²) in [4.78, 5) is 0. The van der Waals surface area contributed by atoms with Crippen molar-refractivity contribution in [3.05, 3.63) is 35.9 Å². The van der Waals surface area contributed by atoms with Crippen LogP contribution in [0.5, 0.6) is 0 Å². The van der Waals surface area contributed by atoms with Gasteiger partial charge in [-0.1, -0.05) is 44.2 Å². The second-order valence-electron chi connectivity index (χ2n) is 5.75. The Morgan fingerprint density at radius 2 is 2.00 bits per heavy atom.